The fourth-order valence-electron chi connectivity index (χ4n) is 4.57. The van der Waals surface area contributed by atoms with Gasteiger partial charge in [-0.15, -0.1) is 0 Å². The molecule has 0 saturated heterocycles. The molecule has 2 aliphatic carbocycles. The van der Waals surface area contributed by atoms with Crippen molar-refractivity contribution in [1.29, 1.82) is 0 Å². The molecule has 2 nitrogen and oxygen atoms in total. The summed E-state index contributed by atoms with van der Waals surface area (Å²) in [5.74, 6) is 3.71. The number of ether oxygens (including phenoxy) is 1. The van der Waals surface area contributed by atoms with Crippen molar-refractivity contribution in [2.75, 3.05) is 13.7 Å². The van der Waals surface area contributed by atoms with E-state index in [-0.39, 0.29) is 0 Å². The topological polar surface area (TPSA) is 21.3 Å². The van der Waals surface area contributed by atoms with Crippen LogP contribution in [0.25, 0.3) is 0 Å². The SMILES string of the molecule is CCNC(Cc1cc(Cl)ccc1OC)C1CC2CCC1C2. The van der Waals surface area contributed by atoms with Gasteiger partial charge < -0.3 is 10.1 Å². The van der Waals surface area contributed by atoms with Crippen LogP contribution >= 0.6 is 11.6 Å². The summed E-state index contributed by atoms with van der Waals surface area (Å²) < 4.78 is 5.52. The first-order valence-corrected chi connectivity index (χ1v) is 8.64. The predicted molar refractivity (Wildman–Crippen MR) is 88.1 cm³/mol. The van der Waals surface area contributed by atoms with Gasteiger partial charge in [0.25, 0.3) is 0 Å². The average molecular weight is 308 g/mol. The van der Waals surface area contributed by atoms with E-state index in [1.165, 1.54) is 31.2 Å². The fourth-order valence-corrected chi connectivity index (χ4v) is 4.76. The number of nitrogens with one attached hydrogen (secondary N) is 1. The maximum absolute atomic E-state index is 6.18. The Hall–Kier alpha value is -0.730. The minimum Gasteiger partial charge on any atom is -0.496 e. The summed E-state index contributed by atoms with van der Waals surface area (Å²) in [6.07, 6.45) is 6.78. The van der Waals surface area contributed by atoms with E-state index in [1.807, 2.05) is 12.1 Å². The number of hydrogen-bond acceptors (Lipinski definition) is 2. The van der Waals surface area contributed by atoms with Gasteiger partial charge in [0.1, 0.15) is 5.75 Å². The molecule has 1 aromatic rings. The number of rotatable bonds is 6. The Morgan fingerprint density at radius 2 is 2.19 bits per heavy atom. The molecular weight excluding hydrogens is 282 g/mol. The number of likely N-dealkylation sites (N-methyl/N-ethyl adjacent to an activating group) is 1. The summed E-state index contributed by atoms with van der Waals surface area (Å²) in [5.41, 5.74) is 1.23. The quantitative estimate of drug-likeness (QED) is 0.846. The highest BCUT2D eigenvalue weighted by Gasteiger charge is 2.42. The van der Waals surface area contributed by atoms with Crippen molar-refractivity contribution >= 4 is 11.6 Å². The van der Waals surface area contributed by atoms with Crippen molar-refractivity contribution in [3.8, 4) is 5.75 Å². The zero-order valence-electron chi connectivity index (χ0n) is 13.1. The van der Waals surface area contributed by atoms with Gasteiger partial charge in [0.2, 0.25) is 0 Å². The Morgan fingerprint density at radius 3 is 2.81 bits per heavy atom. The lowest BCUT2D eigenvalue weighted by molar-refractivity contribution is 0.247. The average Bonchev–Trinajstić information content (AvgIpc) is 3.10. The second-order valence-electron chi connectivity index (χ2n) is 6.66. The number of fused-ring (bicyclic) bond motifs is 2. The molecule has 1 aromatic carbocycles. The minimum absolute atomic E-state index is 0.553. The van der Waals surface area contributed by atoms with Crippen molar-refractivity contribution in [2.45, 2.75) is 45.1 Å². The Kier molecular flexibility index (Phi) is 4.75. The van der Waals surface area contributed by atoms with E-state index in [9.17, 15) is 0 Å². The van der Waals surface area contributed by atoms with Crippen molar-refractivity contribution in [2.24, 2.45) is 17.8 Å². The van der Waals surface area contributed by atoms with E-state index in [1.54, 1.807) is 7.11 Å². The first-order valence-electron chi connectivity index (χ1n) is 8.27. The number of benzene rings is 1. The van der Waals surface area contributed by atoms with Gasteiger partial charge in [0.15, 0.2) is 0 Å². The van der Waals surface area contributed by atoms with Crippen LogP contribution in [0.15, 0.2) is 18.2 Å². The van der Waals surface area contributed by atoms with Gasteiger partial charge in [-0.1, -0.05) is 24.9 Å². The molecule has 2 fully saturated rings. The summed E-state index contributed by atoms with van der Waals surface area (Å²) in [5, 5.41) is 4.53. The van der Waals surface area contributed by atoms with Gasteiger partial charge in [-0.3, -0.25) is 0 Å². The van der Waals surface area contributed by atoms with Gasteiger partial charge >= 0.3 is 0 Å². The Bertz CT molecular complexity index is 490. The van der Waals surface area contributed by atoms with E-state index in [2.05, 4.69) is 18.3 Å². The molecule has 0 aromatic heterocycles. The first kappa shape index (κ1) is 15.2. The van der Waals surface area contributed by atoms with Crippen molar-refractivity contribution in [1.82, 2.24) is 5.32 Å². The van der Waals surface area contributed by atoms with E-state index in [0.717, 1.165) is 41.5 Å². The molecule has 116 valence electrons. The third-order valence-electron chi connectivity index (χ3n) is 5.46. The standard InChI is InChI=1S/C18H26ClNO/c1-3-20-17(16-9-12-4-5-13(16)8-12)11-14-10-15(19)6-7-18(14)21-2/h6-7,10,12-13,16-17,20H,3-5,8-9,11H2,1-2H3. The van der Waals surface area contributed by atoms with Crippen LogP contribution < -0.4 is 10.1 Å². The van der Waals surface area contributed by atoms with Gasteiger partial charge in [0.05, 0.1) is 7.11 Å². The van der Waals surface area contributed by atoms with Crippen LogP contribution in [0, 0.1) is 17.8 Å². The minimum atomic E-state index is 0.553. The lowest BCUT2D eigenvalue weighted by Crippen LogP contribution is -2.40. The lowest BCUT2D eigenvalue weighted by Gasteiger charge is -2.31. The molecule has 2 bridgehead atoms. The highest BCUT2D eigenvalue weighted by Crippen LogP contribution is 2.50. The van der Waals surface area contributed by atoms with Gasteiger partial charge in [-0.25, -0.2) is 0 Å². The van der Waals surface area contributed by atoms with Gasteiger partial charge in [0, 0.05) is 11.1 Å². The van der Waals surface area contributed by atoms with Crippen LogP contribution in [0.5, 0.6) is 5.75 Å². The molecule has 0 aliphatic heterocycles. The highest BCUT2D eigenvalue weighted by molar-refractivity contribution is 6.30. The summed E-state index contributed by atoms with van der Waals surface area (Å²) in [6, 6.07) is 6.51. The smallest absolute Gasteiger partial charge is 0.122 e. The number of halogens is 1. The summed E-state index contributed by atoms with van der Waals surface area (Å²) >= 11 is 6.18. The number of hydrogen-bond donors (Lipinski definition) is 1. The Balaban J connectivity index is 1.77. The van der Waals surface area contributed by atoms with Crippen LogP contribution in [-0.2, 0) is 6.42 Å². The molecule has 3 rings (SSSR count). The third-order valence-corrected chi connectivity index (χ3v) is 5.69. The number of methoxy groups -OCH3 is 1. The molecule has 0 spiro atoms. The second-order valence-corrected chi connectivity index (χ2v) is 7.10. The molecule has 0 radical (unpaired) electrons. The fraction of sp³-hybridized carbons (Fsp3) is 0.667. The van der Waals surface area contributed by atoms with Gasteiger partial charge in [-0.05, 0) is 73.7 Å². The molecule has 3 heteroatoms. The second kappa shape index (κ2) is 6.58. The van der Waals surface area contributed by atoms with E-state index >= 15 is 0 Å². The molecule has 4 unspecified atom stereocenters. The maximum Gasteiger partial charge on any atom is 0.122 e. The highest BCUT2D eigenvalue weighted by atomic mass is 35.5. The molecule has 21 heavy (non-hydrogen) atoms. The van der Waals surface area contributed by atoms with Crippen molar-refractivity contribution in [3.05, 3.63) is 28.8 Å². The lowest BCUT2D eigenvalue weighted by atomic mass is 9.81. The van der Waals surface area contributed by atoms with Crippen LogP contribution in [0.2, 0.25) is 5.02 Å². The molecule has 0 amide bonds. The predicted octanol–water partition coefficient (Wildman–Crippen LogP) is 4.31. The van der Waals surface area contributed by atoms with Crippen molar-refractivity contribution < 1.29 is 4.74 Å². The zero-order valence-corrected chi connectivity index (χ0v) is 13.8. The summed E-state index contributed by atoms with van der Waals surface area (Å²) in [4.78, 5) is 0. The Morgan fingerprint density at radius 1 is 1.33 bits per heavy atom. The van der Waals surface area contributed by atoms with Crippen LogP contribution in [-0.4, -0.2) is 19.7 Å². The van der Waals surface area contributed by atoms with Crippen LogP contribution in [0.3, 0.4) is 0 Å². The third kappa shape index (κ3) is 3.22. The molecule has 4 atom stereocenters. The Labute approximate surface area is 133 Å². The van der Waals surface area contributed by atoms with Crippen LogP contribution in [0.1, 0.15) is 38.2 Å². The largest absolute Gasteiger partial charge is 0.496 e. The molecule has 2 saturated carbocycles. The molecule has 2 aliphatic rings. The van der Waals surface area contributed by atoms with E-state index < -0.39 is 0 Å². The van der Waals surface area contributed by atoms with E-state index in [0.29, 0.717) is 6.04 Å². The summed E-state index contributed by atoms with van der Waals surface area (Å²) in [7, 11) is 1.74. The maximum atomic E-state index is 6.18. The normalized spacial score (nSPS) is 28.8. The van der Waals surface area contributed by atoms with Crippen LogP contribution in [0.4, 0.5) is 0 Å². The van der Waals surface area contributed by atoms with Gasteiger partial charge in [-0.2, -0.15) is 0 Å². The monoisotopic (exact) mass is 307 g/mol. The first-order chi connectivity index (χ1) is 10.2. The van der Waals surface area contributed by atoms with E-state index in [4.69, 9.17) is 16.3 Å². The molecular formula is C18H26ClNO. The molecule has 0 heterocycles. The van der Waals surface area contributed by atoms with Crippen molar-refractivity contribution in [3.63, 3.8) is 0 Å². The summed E-state index contributed by atoms with van der Waals surface area (Å²) in [6.45, 7) is 3.23. The molecule has 1 N–H and O–H groups in total. The zero-order chi connectivity index (χ0) is 14.8.